The van der Waals surface area contributed by atoms with Crippen molar-refractivity contribution in [1.29, 1.82) is 0 Å². The number of pyridine rings is 1. The fraction of sp³-hybridized carbons (Fsp3) is 0.259. The number of anilines is 3. The number of hydrogen-bond acceptors (Lipinski definition) is 8. The number of benzene rings is 2. The maximum Gasteiger partial charge on any atom is 0.159 e. The second-order valence-corrected chi connectivity index (χ2v) is 10.0. The standard InChI is InChI=1S/C27H27N7S/c28-21-7-3-12-34(17-21)24-9-10-29-16-23(24)32-22-8-2-6-20-15-31-26(33-25(20)22)18-4-1-5-19(14-18)27-30-11-13-35-27/h1-2,4-6,8-10,14-16,21,32H,3,7,11-13,17,28H2/t21-/m0/s1. The quantitative estimate of drug-likeness (QED) is 0.421. The molecular weight excluding hydrogens is 454 g/mol. The van der Waals surface area contributed by atoms with Crippen molar-refractivity contribution in [3.63, 3.8) is 0 Å². The summed E-state index contributed by atoms with van der Waals surface area (Å²) < 4.78 is 0. The Balaban J connectivity index is 1.36. The highest BCUT2D eigenvalue weighted by molar-refractivity contribution is 8.14. The molecule has 2 aliphatic heterocycles. The smallest absolute Gasteiger partial charge is 0.159 e. The van der Waals surface area contributed by atoms with E-state index in [1.165, 1.54) is 0 Å². The van der Waals surface area contributed by atoms with Crippen molar-refractivity contribution in [3.05, 3.63) is 72.7 Å². The third-order valence-electron chi connectivity index (χ3n) is 6.43. The first-order valence-electron chi connectivity index (χ1n) is 12.0. The van der Waals surface area contributed by atoms with Crippen LogP contribution in [0.3, 0.4) is 0 Å². The van der Waals surface area contributed by atoms with Crippen molar-refractivity contribution >= 4 is 44.8 Å². The SMILES string of the molecule is N[C@H]1CCCN(c2ccncc2Nc2cccc3cnc(-c4cccc(C5=NCCS5)c4)nc23)C1. The van der Waals surface area contributed by atoms with Crippen LogP contribution in [0, 0.1) is 0 Å². The van der Waals surface area contributed by atoms with E-state index in [4.69, 9.17) is 10.7 Å². The van der Waals surface area contributed by atoms with Gasteiger partial charge in [0.1, 0.15) is 0 Å². The van der Waals surface area contributed by atoms with E-state index in [2.05, 4.69) is 61.6 Å². The van der Waals surface area contributed by atoms with Crippen LogP contribution in [0.15, 0.2) is 72.1 Å². The normalized spacial score (nSPS) is 18.0. The van der Waals surface area contributed by atoms with E-state index < -0.39 is 0 Å². The molecule has 0 saturated carbocycles. The van der Waals surface area contributed by atoms with Gasteiger partial charge in [-0.25, -0.2) is 9.97 Å². The van der Waals surface area contributed by atoms with E-state index in [0.29, 0.717) is 5.82 Å². The minimum atomic E-state index is 0.196. The number of para-hydroxylation sites is 1. The number of rotatable bonds is 5. The third kappa shape index (κ3) is 4.59. The summed E-state index contributed by atoms with van der Waals surface area (Å²) in [7, 11) is 0. The monoisotopic (exact) mass is 481 g/mol. The number of nitrogens with two attached hydrogens (primary N) is 1. The van der Waals surface area contributed by atoms with Crippen molar-refractivity contribution in [2.24, 2.45) is 10.7 Å². The molecule has 35 heavy (non-hydrogen) atoms. The Morgan fingerprint density at radius 3 is 2.83 bits per heavy atom. The molecular formula is C27H27N7S. The zero-order valence-electron chi connectivity index (χ0n) is 19.4. The highest BCUT2D eigenvalue weighted by Gasteiger charge is 2.20. The van der Waals surface area contributed by atoms with Gasteiger partial charge in [0.2, 0.25) is 0 Å². The summed E-state index contributed by atoms with van der Waals surface area (Å²) in [6, 6.07) is 16.7. The molecule has 0 aliphatic carbocycles. The van der Waals surface area contributed by atoms with Crippen molar-refractivity contribution in [1.82, 2.24) is 15.0 Å². The largest absolute Gasteiger partial charge is 0.368 e. The summed E-state index contributed by atoms with van der Waals surface area (Å²) >= 11 is 1.80. The Morgan fingerprint density at radius 1 is 1.03 bits per heavy atom. The second kappa shape index (κ2) is 9.64. The van der Waals surface area contributed by atoms with Gasteiger partial charge in [-0.15, -0.1) is 11.8 Å². The van der Waals surface area contributed by atoms with E-state index >= 15 is 0 Å². The third-order valence-corrected chi connectivity index (χ3v) is 7.45. The van der Waals surface area contributed by atoms with Gasteiger partial charge in [-0.05, 0) is 31.0 Å². The fourth-order valence-corrected chi connectivity index (χ4v) is 5.58. The molecule has 0 amide bonds. The molecule has 0 unspecified atom stereocenters. The molecule has 0 radical (unpaired) electrons. The lowest BCUT2D eigenvalue weighted by Gasteiger charge is -2.33. The molecule has 1 atom stereocenters. The summed E-state index contributed by atoms with van der Waals surface area (Å²) in [5.41, 5.74) is 12.2. The minimum absolute atomic E-state index is 0.196. The molecule has 0 spiro atoms. The van der Waals surface area contributed by atoms with Gasteiger partial charge in [-0.1, -0.05) is 30.3 Å². The van der Waals surface area contributed by atoms with Crippen molar-refractivity contribution in [2.45, 2.75) is 18.9 Å². The summed E-state index contributed by atoms with van der Waals surface area (Å²) in [6.07, 6.45) is 7.77. The number of hydrogen-bond donors (Lipinski definition) is 2. The van der Waals surface area contributed by atoms with Crippen molar-refractivity contribution in [2.75, 3.05) is 35.6 Å². The molecule has 176 valence electrons. The molecule has 8 heteroatoms. The zero-order valence-corrected chi connectivity index (χ0v) is 20.2. The lowest BCUT2D eigenvalue weighted by molar-refractivity contribution is 0.506. The van der Waals surface area contributed by atoms with Crippen LogP contribution in [0.1, 0.15) is 18.4 Å². The molecule has 3 N–H and O–H groups in total. The van der Waals surface area contributed by atoms with Crippen LogP contribution < -0.4 is 16.0 Å². The van der Waals surface area contributed by atoms with Crippen molar-refractivity contribution < 1.29 is 0 Å². The molecule has 7 nitrogen and oxygen atoms in total. The number of nitrogens with one attached hydrogen (secondary N) is 1. The van der Waals surface area contributed by atoms with Crippen LogP contribution in [0.25, 0.3) is 22.3 Å². The van der Waals surface area contributed by atoms with Crippen molar-refractivity contribution in [3.8, 4) is 11.4 Å². The van der Waals surface area contributed by atoms with Crippen LogP contribution in [-0.4, -0.2) is 51.4 Å². The Kier molecular flexibility index (Phi) is 6.06. The first-order chi connectivity index (χ1) is 17.2. The van der Waals surface area contributed by atoms with Crippen LogP contribution in [0.4, 0.5) is 17.1 Å². The Morgan fingerprint density at radius 2 is 1.94 bits per heavy atom. The first kappa shape index (κ1) is 22.0. The topological polar surface area (TPSA) is 92.3 Å². The van der Waals surface area contributed by atoms with Crippen LogP contribution >= 0.6 is 11.8 Å². The van der Waals surface area contributed by atoms with Gasteiger partial charge in [0.15, 0.2) is 5.82 Å². The number of thioether (sulfide) groups is 1. The molecule has 2 aromatic heterocycles. The molecule has 6 rings (SSSR count). The Hall–Kier alpha value is -3.49. The summed E-state index contributed by atoms with van der Waals surface area (Å²) in [6.45, 7) is 2.72. The highest BCUT2D eigenvalue weighted by Crippen LogP contribution is 2.33. The van der Waals surface area contributed by atoms with Crippen LogP contribution in [-0.2, 0) is 0 Å². The van der Waals surface area contributed by atoms with Gasteiger partial charge in [0, 0.05) is 60.3 Å². The van der Waals surface area contributed by atoms with E-state index in [1.807, 2.05) is 30.7 Å². The predicted molar refractivity (Wildman–Crippen MR) is 146 cm³/mol. The molecule has 4 aromatic rings. The summed E-state index contributed by atoms with van der Waals surface area (Å²) in [4.78, 5) is 21.0. The Bertz CT molecular complexity index is 1400. The van der Waals surface area contributed by atoms with Gasteiger partial charge < -0.3 is 16.0 Å². The number of piperidine rings is 1. The zero-order chi connectivity index (χ0) is 23.6. The first-order valence-corrected chi connectivity index (χ1v) is 13.0. The lowest BCUT2D eigenvalue weighted by Crippen LogP contribution is -2.43. The van der Waals surface area contributed by atoms with Gasteiger partial charge in [-0.3, -0.25) is 9.98 Å². The fourth-order valence-electron chi connectivity index (χ4n) is 4.73. The number of fused-ring (bicyclic) bond motifs is 1. The average Bonchev–Trinajstić information content (AvgIpc) is 3.44. The summed E-state index contributed by atoms with van der Waals surface area (Å²) in [5, 5.41) is 5.68. The highest BCUT2D eigenvalue weighted by atomic mass is 32.2. The van der Waals surface area contributed by atoms with Gasteiger partial charge in [0.25, 0.3) is 0 Å². The molecule has 1 fully saturated rings. The van der Waals surface area contributed by atoms with Crippen LogP contribution in [0.5, 0.6) is 0 Å². The maximum absolute atomic E-state index is 6.26. The Labute approximate surface area is 208 Å². The van der Waals surface area contributed by atoms with Crippen LogP contribution in [0.2, 0.25) is 0 Å². The number of aromatic nitrogens is 3. The van der Waals surface area contributed by atoms with Gasteiger partial charge >= 0.3 is 0 Å². The molecule has 0 bridgehead atoms. The lowest BCUT2D eigenvalue weighted by atomic mass is 10.1. The predicted octanol–water partition coefficient (Wildman–Crippen LogP) is 4.86. The minimum Gasteiger partial charge on any atom is -0.368 e. The number of aliphatic imine (C=N–C) groups is 1. The number of nitrogens with zero attached hydrogens (tertiary/aromatic N) is 5. The maximum atomic E-state index is 6.26. The van der Waals surface area contributed by atoms with Gasteiger partial charge in [0.05, 0.1) is 33.8 Å². The molecule has 4 heterocycles. The van der Waals surface area contributed by atoms with E-state index in [1.54, 1.807) is 11.8 Å². The summed E-state index contributed by atoms with van der Waals surface area (Å²) in [5.74, 6) is 1.74. The van der Waals surface area contributed by atoms with E-state index in [-0.39, 0.29) is 6.04 Å². The average molecular weight is 482 g/mol. The van der Waals surface area contributed by atoms with Gasteiger partial charge in [-0.2, -0.15) is 0 Å². The second-order valence-electron chi connectivity index (χ2n) is 8.92. The molecule has 2 aromatic carbocycles. The van der Waals surface area contributed by atoms with E-state index in [9.17, 15) is 0 Å². The van der Waals surface area contributed by atoms with E-state index in [0.717, 1.165) is 82.4 Å². The molecule has 1 saturated heterocycles. The molecule has 2 aliphatic rings.